The normalized spacial score (nSPS) is 18.4. The number of likely N-dealkylation sites (tertiary alicyclic amines) is 1. The van der Waals surface area contributed by atoms with Gasteiger partial charge in [0.1, 0.15) is 5.75 Å². The highest BCUT2D eigenvalue weighted by atomic mass is 32.1. The molecule has 1 aromatic carbocycles. The number of carbonyl (C=O) groups excluding carboxylic acids is 1. The fourth-order valence-corrected chi connectivity index (χ4v) is 5.62. The predicted molar refractivity (Wildman–Crippen MR) is 136 cm³/mol. The molecular weight excluding hydrogens is 448 g/mol. The monoisotopic (exact) mass is 482 g/mol. The predicted octanol–water partition coefficient (Wildman–Crippen LogP) is 4.39. The van der Waals surface area contributed by atoms with E-state index in [1.165, 1.54) is 19.3 Å². The minimum atomic E-state index is -0.00871. The zero-order valence-electron chi connectivity index (χ0n) is 20.0. The number of hydrogen-bond acceptors (Lipinski definition) is 5. The molecule has 2 aromatic heterocycles. The molecule has 0 unspecified atom stereocenters. The Morgan fingerprint density at radius 3 is 2.50 bits per heavy atom. The molecular formula is C25H34N6O2S. The van der Waals surface area contributed by atoms with E-state index in [9.17, 15) is 4.79 Å². The average molecular weight is 483 g/mol. The molecule has 2 aliphatic rings. The first-order valence-electron chi connectivity index (χ1n) is 12.4. The zero-order valence-corrected chi connectivity index (χ0v) is 20.9. The van der Waals surface area contributed by atoms with Crippen LogP contribution in [0.15, 0.2) is 24.3 Å². The van der Waals surface area contributed by atoms with Crippen molar-refractivity contribution in [1.82, 2.24) is 29.7 Å². The molecule has 1 saturated carbocycles. The van der Waals surface area contributed by atoms with Gasteiger partial charge in [0.15, 0.2) is 5.65 Å². The number of amides is 2. The summed E-state index contributed by atoms with van der Waals surface area (Å²) in [4.78, 5) is 14.8. The van der Waals surface area contributed by atoms with Crippen LogP contribution < -0.4 is 15.4 Å². The molecule has 1 aliphatic heterocycles. The van der Waals surface area contributed by atoms with Crippen LogP contribution in [0.3, 0.4) is 0 Å². The summed E-state index contributed by atoms with van der Waals surface area (Å²) in [6.07, 6.45) is 7.80. The van der Waals surface area contributed by atoms with Gasteiger partial charge in [-0.2, -0.15) is 5.10 Å². The molecule has 1 aliphatic carbocycles. The summed E-state index contributed by atoms with van der Waals surface area (Å²) in [6.45, 7) is 4.54. The second-order valence-electron chi connectivity index (χ2n) is 9.67. The molecule has 2 N–H and O–H groups in total. The maximum atomic E-state index is 12.4. The summed E-state index contributed by atoms with van der Waals surface area (Å²) in [5, 5.41) is 12.3. The van der Waals surface area contributed by atoms with Crippen LogP contribution in [0, 0.1) is 11.7 Å². The van der Waals surface area contributed by atoms with Crippen LogP contribution >= 0.6 is 12.2 Å². The van der Waals surface area contributed by atoms with Gasteiger partial charge in [-0.1, -0.05) is 19.3 Å². The Morgan fingerprint density at radius 1 is 1.09 bits per heavy atom. The van der Waals surface area contributed by atoms with E-state index >= 15 is 0 Å². The van der Waals surface area contributed by atoms with Crippen molar-refractivity contribution in [1.29, 1.82) is 0 Å². The van der Waals surface area contributed by atoms with Gasteiger partial charge >= 0.3 is 6.03 Å². The van der Waals surface area contributed by atoms with Gasteiger partial charge in [-0.3, -0.25) is 9.30 Å². The molecule has 8 nitrogen and oxygen atoms in total. The lowest BCUT2D eigenvalue weighted by molar-refractivity contribution is 0.151. The number of nitrogens with zero attached hydrogens (tertiary/aromatic N) is 4. The van der Waals surface area contributed by atoms with Gasteiger partial charge in [0.25, 0.3) is 0 Å². The van der Waals surface area contributed by atoms with Crippen LogP contribution in [0.25, 0.3) is 16.6 Å². The summed E-state index contributed by atoms with van der Waals surface area (Å²) < 4.78 is 10.1. The smallest absolute Gasteiger partial charge is 0.315 e. The minimum Gasteiger partial charge on any atom is -0.497 e. The van der Waals surface area contributed by atoms with E-state index in [-0.39, 0.29) is 12.1 Å². The minimum absolute atomic E-state index is 0.00871. The molecule has 0 radical (unpaired) electrons. The quantitative estimate of drug-likeness (QED) is 0.528. The Hall–Kier alpha value is -2.65. The SMILES string of the molecule is COc1ccc2c(C)cc3nn(CN4CCC(NC(=O)NC5CCCCC5)CC4)c(=S)n3c2c1. The summed E-state index contributed by atoms with van der Waals surface area (Å²) in [5.74, 6) is 0.802. The third kappa shape index (κ3) is 4.77. The van der Waals surface area contributed by atoms with Crippen molar-refractivity contribution in [2.75, 3.05) is 20.2 Å². The fraction of sp³-hybridized carbons (Fsp3) is 0.560. The Kier molecular flexibility index (Phi) is 6.74. The van der Waals surface area contributed by atoms with E-state index in [0.29, 0.717) is 17.5 Å². The average Bonchev–Trinajstić information content (AvgIpc) is 3.15. The Morgan fingerprint density at radius 2 is 1.79 bits per heavy atom. The largest absolute Gasteiger partial charge is 0.497 e. The number of fused-ring (bicyclic) bond motifs is 3. The Bertz CT molecular complexity index is 1240. The number of aromatic nitrogens is 3. The van der Waals surface area contributed by atoms with E-state index in [0.717, 1.165) is 66.6 Å². The van der Waals surface area contributed by atoms with Crippen LogP contribution in [-0.2, 0) is 6.67 Å². The van der Waals surface area contributed by atoms with E-state index < -0.39 is 0 Å². The molecule has 182 valence electrons. The molecule has 3 heterocycles. The van der Waals surface area contributed by atoms with Crippen LogP contribution in [0.2, 0.25) is 0 Å². The Balaban J connectivity index is 1.24. The number of ether oxygens (including phenoxy) is 1. The zero-order chi connectivity index (χ0) is 23.7. The molecule has 2 fully saturated rings. The van der Waals surface area contributed by atoms with E-state index in [2.05, 4.69) is 34.6 Å². The highest BCUT2D eigenvalue weighted by Gasteiger charge is 2.23. The van der Waals surface area contributed by atoms with Crippen molar-refractivity contribution in [2.24, 2.45) is 0 Å². The van der Waals surface area contributed by atoms with Gasteiger partial charge in [-0.15, -0.1) is 0 Å². The van der Waals surface area contributed by atoms with E-state index in [1.807, 2.05) is 21.2 Å². The van der Waals surface area contributed by atoms with Crippen LogP contribution in [-0.4, -0.2) is 57.4 Å². The molecule has 34 heavy (non-hydrogen) atoms. The molecule has 0 atom stereocenters. The van der Waals surface area contributed by atoms with Crippen LogP contribution in [0.1, 0.15) is 50.5 Å². The van der Waals surface area contributed by atoms with Crippen LogP contribution in [0.4, 0.5) is 4.79 Å². The number of urea groups is 1. The first kappa shape index (κ1) is 23.1. The third-order valence-corrected chi connectivity index (χ3v) is 7.67. The number of methoxy groups -OCH3 is 1. The molecule has 5 rings (SSSR count). The number of aryl methyl sites for hydroxylation is 1. The van der Waals surface area contributed by atoms with Crippen molar-refractivity contribution in [2.45, 2.75) is 70.6 Å². The van der Waals surface area contributed by atoms with Gasteiger partial charge in [-0.25, -0.2) is 9.48 Å². The standard InChI is InChI=1S/C25H34N6O2S/c1-17-14-23-28-30(25(34)31(23)22-15-20(33-2)8-9-21(17)22)16-29-12-10-19(11-13-29)27-24(32)26-18-6-4-3-5-7-18/h8-9,14-15,18-19H,3-7,10-13,16H2,1-2H3,(H2,26,27,32). The lowest BCUT2D eigenvalue weighted by Crippen LogP contribution is -2.50. The van der Waals surface area contributed by atoms with E-state index in [1.54, 1.807) is 7.11 Å². The number of pyridine rings is 1. The summed E-state index contributed by atoms with van der Waals surface area (Å²) in [7, 11) is 1.68. The van der Waals surface area contributed by atoms with E-state index in [4.69, 9.17) is 22.1 Å². The summed E-state index contributed by atoms with van der Waals surface area (Å²) >= 11 is 5.83. The highest BCUT2D eigenvalue weighted by Crippen LogP contribution is 2.26. The van der Waals surface area contributed by atoms with Gasteiger partial charge in [0, 0.05) is 36.6 Å². The van der Waals surface area contributed by atoms with Crippen LogP contribution in [0.5, 0.6) is 5.75 Å². The second kappa shape index (κ2) is 9.92. The first-order valence-corrected chi connectivity index (χ1v) is 12.8. The molecule has 0 bridgehead atoms. The topological polar surface area (TPSA) is 75.8 Å². The van der Waals surface area contributed by atoms with Gasteiger partial charge in [0.2, 0.25) is 4.77 Å². The number of carbonyl (C=O) groups is 1. The number of piperidine rings is 1. The van der Waals surface area contributed by atoms with Gasteiger partial charge < -0.3 is 15.4 Å². The second-order valence-corrected chi connectivity index (χ2v) is 10.0. The highest BCUT2D eigenvalue weighted by molar-refractivity contribution is 7.71. The molecule has 1 saturated heterocycles. The number of benzene rings is 1. The Labute approximate surface area is 205 Å². The maximum Gasteiger partial charge on any atom is 0.315 e. The van der Waals surface area contributed by atoms with Crippen molar-refractivity contribution < 1.29 is 9.53 Å². The number of rotatable bonds is 5. The number of nitrogens with one attached hydrogen (secondary N) is 2. The molecule has 3 aromatic rings. The fourth-order valence-electron chi connectivity index (χ4n) is 5.33. The lowest BCUT2D eigenvalue weighted by atomic mass is 9.96. The third-order valence-electron chi connectivity index (χ3n) is 7.28. The molecule has 9 heteroatoms. The summed E-state index contributed by atoms with van der Waals surface area (Å²) in [6, 6.07) is 8.70. The van der Waals surface area contributed by atoms with Crippen molar-refractivity contribution >= 4 is 34.8 Å². The van der Waals surface area contributed by atoms with Crippen molar-refractivity contribution in [3.63, 3.8) is 0 Å². The maximum absolute atomic E-state index is 12.4. The lowest BCUT2D eigenvalue weighted by Gasteiger charge is -2.32. The molecule has 2 amide bonds. The first-order chi connectivity index (χ1) is 16.5. The van der Waals surface area contributed by atoms with Crippen molar-refractivity contribution in [3.8, 4) is 5.75 Å². The number of hydrogen-bond donors (Lipinski definition) is 2. The summed E-state index contributed by atoms with van der Waals surface area (Å²) in [5.41, 5.74) is 3.02. The molecule has 0 spiro atoms. The van der Waals surface area contributed by atoms with Gasteiger partial charge in [-0.05, 0) is 68.6 Å². The van der Waals surface area contributed by atoms with Crippen molar-refractivity contribution in [3.05, 3.63) is 34.6 Å². The van der Waals surface area contributed by atoms with Gasteiger partial charge in [0.05, 0.1) is 19.3 Å².